The van der Waals surface area contributed by atoms with E-state index < -0.39 is 0 Å². The summed E-state index contributed by atoms with van der Waals surface area (Å²) in [6.45, 7) is 18.3. The molecule has 0 spiro atoms. The molecule has 0 amide bonds. The third-order valence-corrected chi connectivity index (χ3v) is 14.0. The molecule has 1 unspecified atom stereocenters. The van der Waals surface area contributed by atoms with Gasteiger partial charge in [0, 0.05) is 39.4 Å². The van der Waals surface area contributed by atoms with Crippen LogP contribution in [0.15, 0.2) is 235 Å². The molecule has 0 radical (unpaired) electrons. The molecule has 0 aromatic heterocycles. The monoisotopic (exact) mass is 825 g/mol. The molecule has 0 bridgehead atoms. The van der Waals surface area contributed by atoms with Crippen LogP contribution in [0.2, 0.25) is 0 Å². The number of allylic oxidation sites excluding steroid dienone is 13. The third kappa shape index (κ3) is 7.17. The molecule has 0 aliphatic heterocycles. The number of rotatable bonds is 9. The van der Waals surface area contributed by atoms with Gasteiger partial charge in [-0.15, -0.1) is 5.73 Å². The Bertz CT molecular complexity index is 3060. The molecule has 6 aromatic rings. The molecule has 0 N–H and O–H groups in total. The van der Waals surface area contributed by atoms with Gasteiger partial charge in [0.25, 0.3) is 0 Å². The van der Waals surface area contributed by atoms with E-state index in [-0.39, 0.29) is 10.8 Å². The molecule has 0 fully saturated rings. The number of nitrogens with zero attached hydrogens (tertiary/aromatic N) is 1. The second-order valence-electron chi connectivity index (χ2n) is 18.6. The van der Waals surface area contributed by atoms with Gasteiger partial charge >= 0.3 is 0 Å². The van der Waals surface area contributed by atoms with Gasteiger partial charge in [0.15, 0.2) is 0 Å². The lowest BCUT2D eigenvalue weighted by molar-refractivity contribution is 0.654. The van der Waals surface area contributed by atoms with Gasteiger partial charge < -0.3 is 4.90 Å². The summed E-state index contributed by atoms with van der Waals surface area (Å²) < 4.78 is 0. The molecular weight excluding hydrogens is 771 g/mol. The van der Waals surface area contributed by atoms with Crippen LogP contribution in [-0.4, -0.2) is 0 Å². The second-order valence-corrected chi connectivity index (χ2v) is 18.6. The molecule has 0 saturated carbocycles. The maximum Gasteiger partial charge on any atom is 0.0467 e. The van der Waals surface area contributed by atoms with E-state index in [1.54, 1.807) is 0 Å². The highest BCUT2D eigenvalue weighted by Gasteiger charge is 2.40. The molecule has 64 heavy (non-hydrogen) atoms. The molecule has 312 valence electrons. The lowest BCUT2D eigenvalue weighted by Gasteiger charge is -2.28. The van der Waals surface area contributed by atoms with E-state index in [9.17, 15) is 0 Å². The Kier molecular flexibility index (Phi) is 10.5. The van der Waals surface area contributed by atoms with Gasteiger partial charge in [0.1, 0.15) is 0 Å². The Morgan fingerprint density at radius 1 is 0.609 bits per heavy atom. The number of benzene rings is 6. The van der Waals surface area contributed by atoms with E-state index in [2.05, 4.69) is 233 Å². The van der Waals surface area contributed by atoms with Crippen molar-refractivity contribution in [1.82, 2.24) is 0 Å². The Morgan fingerprint density at radius 2 is 1.30 bits per heavy atom. The fraction of sp³-hybridized carbons (Fsp3) is 0.159. The van der Waals surface area contributed by atoms with Crippen LogP contribution in [0.5, 0.6) is 0 Å². The smallest absolute Gasteiger partial charge is 0.0467 e. The van der Waals surface area contributed by atoms with Crippen molar-refractivity contribution in [3.63, 3.8) is 0 Å². The van der Waals surface area contributed by atoms with Crippen LogP contribution in [0.4, 0.5) is 17.1 Å². The van der Waals surface area contributed by atoms with E-state index in [4.69, 9.17) is 6.58 Å². The first kappa shape index (κ1) is 40.9. The summed E-state index contributed by atoms with van der Waals surface area (Å²) in [6, 6.07) is 53.2. The predicted octanol–water partition coefficient (Wildman–Crippen LogP) is 17.1. The van der Waals surface area contributed by atoms with Gasteiger partial charge in [-0.05, 0) is 140 Å². The maximum absolute atomic E-state index is 4.73. The van der Waals surface area contributed by atoms with Crippen LogP contribution >= 0.6 is 0 Å². The van der Waals surface area contributed by atoms with Crippen LogP contribution < -0.4 is 4.90 Å². The molecule has 1 heteroatoms. The quantitative estimate of drug-likeness (QED) is 0.131. The molecule has 6 aromatic carbocycles. The van der Waals surface area contributed by atoms with Crippen molar-refractivity contribution in [1.29, 1.82) is 0 Å². The summed E-state index contributed by atoms with van der Waals surface area (Å²) in [5.74, 6) is 0.345. The first-order valence-electron chi connectivity index (χ1n) is 22.8. The highest BCUT2D eigenvalue weighted by Crippen LogP contribution is 2.53. The topological polar surface area (TPSA) is 3.24 Å². The normalized spacial score (nSPS) is 17.9. The molecule has 0 heterocycles. The van der Waals surface area contributed by atoms with E-state index in [1.807, 2.05) is 6.08 Å². The Hall–Kier alpha value is -7.18. The lowest BCUT2D eigenvalue weighted by atomic mass is 9.80. The fourth-order valence-electron chi connectivity index (χ4n) is 10.5. The van der Waals surface area contributed by atoms with E-state index in [0.717, 1.165) is 47.5 Å². The van der Waals surface area contributed by atoms with Crippen LogP contribution in [0.1, 0.15) is 80.7 Å². The van der Waals surface area contributed by atoms with Crippen LogP contribution in [0.25, 0.3) is 33.4 Å². The van der Waals surface area contributed by atoms with Crippen LogP contribution in [-0.2, 0) is 10.8 Å². The first-order valence-corrected chi connectivity index (χ1v) is 22.8. The van der Waals surface area contributed by atoms with E-state index in [0.29, 0.717) is 5.92 Å². The molecule has 1 atom stereocenters. The minimum Gasteiger partial charge on any atom is -0.310 e. The Morgan fingerprint density at radius 3 is 2.00 bits per heavy atom. The maximum atomic E-state index is 4.73. The summed E-state index contributed by atoms with van der Waals surface area (Å²) in [4.78, 5) is 2.41. The van der Waals surface area contributed by atoms with Crippen LogP contribution in [0, 0.1) is 0 Å². The highest BCUT2D eigenvalue weighted by atomic mass is 15.1. The molecular formula is C63H55N. The summed E-state index contributed by atoms with van der Waals surface area (Å²) in [6.07, 6.45) is 21.5. The van der Waals surface area contributed by atoms with Crippen molar-refractivity contribution in [2.75, 3.05) is 4.90 Å². The van der Waals surface area contributed by atoms with Crippen LogP contribution in [0.3, 0.4) is 0 Å². The zero-order valence-corrected chi connectivity index (χ0v) is 37.5. The molecule has 4 aliphatic rings. The predicted molar refractivity (Wildman–Crippen MR) is 273 cm³/mol. The average molecular weight is 826 g/mol. The number of hydrogen-bond acceptors (Lipinski definition) is 1. The number of fused-ring (bicyclic) bond motifs is 2. The van der Waals surface area contributed by atoms with Gasteiger partial charge in [-0.3, -0.25) is 0 Å². The molecule has 10 rings (SSSR count). The summed E-state index contributed by atoms with van der Waals surface area (Å²) >= 11 is 0. The standard InChI is InChI=1S/C63H55N/c1-7-57-56(61-55(49-23-15-10-16-24-49)27-18-28-59(61)62(57,3)4)39-40-58-43(2)54-38-37-53(42-60(54)63(58,5)6)64(52-26-17-25-50(41-52)45-21-13-9-14-22-45)51-35-33-48(34-36-51)47-31-29-46(30-32-47)44-19-11-8-12-20-44/h7,9-11,13-31,33-39,41-42,47H,1-2,8,12,32H2,3-6H3. The lowest BCUT2D eigenvalue weighted by Crippen LogP contribution is -2.16. The van der Waals surface area contributed by atoms with Gasteiger partial charge in [-0.25, -0.2) is 0 Å². The highest BCUT2D eigenvalue weighted by molar-refractivity contribution is 5.96. The zero-order valence-electron chi connectivity index (χ0n) is 37.5. The summed E-state index contributed by atoms with van der Waals surface area (Å²) in [5.41, 5.74) is 25.0. The van der Waals surface area contributed by atoms with Gasteiger partial charge in [0.2, 0.25) is 0 Å². The second kappa shape index (κ2) is 16.5. The third-order valence-electron chi connectivity index (χ3n) is 14.0. The van der Waals surface area contributed by atoms with Gasteiger partial charge in [-0.1, -0.05) is 193 Å². The zero-order chi connectivity index (χ0) is 44.0. The summed E-state index contributed by atoms with van der Waals surface area (Å²) in [5, 5.41) is 0. The SMILES string of the molecule is C=CC1=C(C=C=C2C(=C)c3ccc(N(c4ccc(C5C=CC(C6=CCCC=C6)=CC5)cc4)c4cccc(-c5ccccc5)c4)cc3C2(C)C)c2c(-c3ccccc3)cccc2C1(C)C. The van der Waals surface area contributed by atoms with E-state index in [1.165, 1.54) is 72.4 Å². The minimum absolute atomic E-state index is 0.197. The Balaban J connectivity index is 1.04. The molecule has 0 saturated heterocycles. The average Bonchev–Trinajstić information content (AvgIpc) is 3.68. The van der Waals surface area contributed by atoms with Crippen molar-refractivity contribution < 1.29 is 0 Å². The van der Waals surface area contributed by atoms with Gasteiger partial charge in [0.05, 0.1) is 0 Å². The van der Waals surface area contributed by atoms with Crippen molar-refractivity contribution in [3.05, 3.63) is 263 Å². The van der Waals surface area contributed by atoms with Crippen molar-refractivity contribution in [3.8, 4) is 22.3 Å². The minimum atomic E-state index is -0.353. The van der Waals surface area contributed by atoms with Crippen molar-refractivity contribution in [2.45, 2.75) is 63.7 Å². The van der Waals surface area contributed by atoms with Gasteiger partial charge in [-0.2, -0.15) is 0 Å². The largest absolute Gasteiger partial charge is 0.310 e. The Labute approximate surface area is 380 Å². The van der Waals surface area contributed by atoms with Crippen molar-refractivity contribution >= 4 is 28.2 Å². The number of anilines is 3. The summed E-state index contributed by atoms with van der Waals surface area (Å²) in [7, 11) is 0. The number of hydrogen-bond donors (Lipinski definition) is 0. The first-order chi connectivity index (χ1) is 31.1. The molecule has 1 nitrogen and oxygen atoms in total. The van der Waals surface area contributed by atoms with Crippen molar-refractivity contribution in [2.24, 2.45) is 0 Å². The fourth-order valence-corrected chi connectivity index (χ4v) is 10.5. The molecule has 4 aliphatic carbocycles. The van der Waals surface area contributed by atoms with E-state index >= 15 is 0 Å².